The smallest absolute Gasteiger partial charge is 0.323 e. The lowest BCUT2D eigenvalue weighted by molar-refractivity contribution is -0.137. The number of anilines is 2. The van der Waals surface area contributed by atoms with E-state index in [4.69, 9.17) is 4.74 Å². The molecule has 3 rings (SSSR count). The van der Waals surface area contributed by atoms with Gasteiger partial charge >= 0.3 is 18.0 Å². The summed E-state index contributed by atoms with van der Waals surface area (Å²) in [4.78, 5) is 70.1. The molecule has 2 aromatic carbocycles. The molecule has 13 heteroatoms. The average Bonchev–Trinajstić information content (AvgIpc) is 3.45. The number of hydrogen-bond acceptors (Lipinski definition) is 6. The number of carboxylic acids is 1. The zero-order valence-corrected chi connectivity index (χ0v) is 29.7. The topological polar surface area (TPSA) is 152 Å². The van der Waals surface area contributed by atoms with Crippen molar-refractivity contribution in [2.45, 2.75) is 78.8 Å². The number of amides is 6. The van der Waals surface area contributed by atoms with E-state index in [0.717, 1.165) is 12.0 Å². The largest absolute Gasteiger partial charge is 0.495 e. The van der Waals surface area contributed by atoms with Crippen LogP contribution in [0.4, 0.5) is 21.0 Å². The number of hydrogen-bond donors (Lipinski definition) is 3. The highest BCUT2D eigenvalue weighted by molar-refractivity contribution is 6.01. The van der Waals surface area contributed by atoms with Gasteiger partial charge in [-0.2, -0.15) is 0 Å². The summed E-state index contributed by atoms with van der Waals surface area (Å²) in [5.74, 6) is -0.609. The molecule has 13 nitrogen and oxygen atoms in total. The van der Waals surface area contributed by atoms with Crippen LogP contribution in [0, 0.1) is 6.92 Å². The first-order valence-electron chi connectivity index (χ1n) is 17.0. The number of carbonyl (C=O) groups excluding carboxylic acids is 4. The Balaban J connectivity index is 1.64. The number of urea groups is 2. The number of ether oxygens (including phenoxy) is 1. The van der Waals surface area contributed by atoms with Crippen LogP contribution in [0.3, 0.4) is 0 Å². The highest BCUT2D eigenvalue weighted by Crippen LogP contribution is 2.27. The molecule has 1 heterocycles. The van der Waals surface area contributed by atoms with E-state index in [-0.39, 0.29) is 62.4 Å². The Morgan fingerprint density at radius 2 is 1.59 bits per heavy atom. The number of methoxy groups -OCH3 is 1. The molecule has 0 radical (unpaired) electrons. The number of nitrogens with zero attached hydrogens (tertiary/aromatic N) is 4. The van der Waals surface area contributed by atoms with Crippen LogP contribution in [0.2, 0.25) is 0 Å². The molecule has 268 valence electrons. The number of likely N-dealkylation sites (tertiary alicyclic amines) is 1. The van der Waals surface area contributed by atoms with Crippen molar-refractivity contribution in [2.24, 2.45) is 0 Å². The minimum absolute atomic E-state index is 0.0540. The Hall–Kier alpha value is -4.81. The van der Waals surface area contributed by atoms with Crippen LogP contribution >= 0.6 is 0 Å². The highest BCUT2D eigenvalue weighted by atomic mass is 16.5. The number of para-hydroxylation sites is 1. The Kier molecular flexibility index (Phi) is 14.7. The summed E-state index contributed by atoms with van der Waals surface area (Å²) in [5.41, 5.74) is 2.77. The monoisotopic (exact) mass is 680 g/mol. The Morgan fingerprint density at radius 1 is 0.918 bits per heavy atom. The van der Waals surface area contributed by atoms with Crippen LogP contribution in [0.25, 0.3) is 0 Å². The molecule has 0 saturated carbocycles. The molecular formula is C36H52N6O7. The zero-order valence-electron chi connectivity index (χ0n) is 29.7. The molecule has 1 aliphatic heterocycles. The van der Waals surface area contributed by atoms with Crippen molar-refractivity contribution in [1.29, 1.82) is 0 Å². The number of carbonyl (C=O) groups is 5. The molecule has 49 heavy (non-hydrogen) atoms. The van der Waals surface area contributed by atoms with Gasteiger partial charge in [0.05, 0.1) is 25.6 Å². The van der Waals surface area contributed by atoms with Gasteiger partial charge in [0.1, 0.15) is 5.75 Å². The third-order valence-corrected chi connectivity index (χ3v) is 8.55. The van der Waals surface area contributed by atoms with Crippen LogP contribution in [0.1, 0.15) is 64.5 Å². The highest BCUT2D eigenvalue weighted by Gasteiger charge is 2.27. The van der Waals surface area contributed by atoms with Gasteiger partial charge in [-0.1, -0.05) is 24.3 Å². The van der Waals surface area contributed by atoms with Gasteiger partial charge in [0.2, 0.25) is 11.8 Å². The van der Waals surface area contributed by atoms with E-state index in [0.29, 0.717) is 55.2 Å². The lowest BCUT2D eigenvalue weighted by atomic mass is 10.1. The summed E-state index contributed by atoms with van der Waals surface area (Å²) in [6, 6.07) is 11.6. The number of rotatable bonds is 17. The maximum Gasteiger partial charge on any atom is 0.323 e. The third kappa shape index (κ3) is 11.7. The van der Waals surface area contributed by atoms with Crippen molar-refractivity contribution in [2.75, 3.05) is 57.0 Å². The summed E-state index contributed by atoms with van der Waals surface area (Å²) >= 11 is 0. The molecule has 6 amide bonds. The van der Waals surface area contributed by atoms with Gasteiger partial charge in [-0.25, -0.2) is 9.59 Å². The van der Waals surface area contributed by atoms with Gasteiger partial charge in [0.15, 0.2) is 0 Å². The number of aryl methyl sites for hydroxylation is 1. The maximum absolute atomic E-state index is 13.8. The van der Waals surface area contributed by atoms with Gasteiger partial charge in [-0.3, -0.25) is 14.4 Å². The minimum atomic E-state index is -0.994. The first kappa shape index (κ1) is 38.6. The summed E-state index contributed by atoms with van der Waals surface area (Å²) in [6.45, 7) is 11.7. The van der Waals surface area contributed by atoms with Gasteiger partial charge in [0, 0.05) is 63.5 Å². The fraction of sp³-hybridized carbons (Fsp3) is 0.528. The third-order valence-electron chi connectivity index (χ3n) is 8.55. The summed E-state index contributed by atoms with van der Waals surface area (Å²) in [7, 11) is 1.50. The van der Waals surface area contributed by atoms with Crippen molar-refractivity contribution >= 4 is 41.2 Å². The van der Waals surface area contributed by atoms with Gasteiger partial charge in [-0.15, -0.1) is 0 Å². The molecule has 1 saturated heterocycles. The SMILES string of the molecule is COc1cc(CC(=O)N(CCN(C(=O)N(CCCN2CCCC2=O)CCC(=O)O)C(C)C)C(C)C)ccc1NC(=O)Nc1ccccc1C. The summed E-state index contributed by atoms with van der Waals surface area (Å²) < 4.78 is 5.53. The predicted octanol–water partition coefficient (Wildman–Crippen LogP) is 5.05. The molecule has 2 aromatic rings. The second kappa shape index (κ2) is 18.7. The van der Waals surface area contributed by atoms with Crippen LogP contribution in [-0.4, -0.2) is 113 Å². The summed E-state index contributed by atoms with van der Waals surface area (Å²) in [6.07, 6.45) is 1.81. The number of carboxylic acid groups (broad SMARTS) is 1. The van der Waals surface area contributed by atoms with Crippen molar-refractivity contribution in [3.63, 3.8) is 0 Å². The fourth-order valence-electron chi connectivity index (χ4n) is 5.78. The number of benzene rings is 2. The lowest BCUT2D eigenvalue weighted by Crippen LogP contribution is -2.51. The zero-order chi connectivity index (χ0) is 36.1. The molecule has 0 spiro atoms. The lowest BCUT2D eigenvalue weighted by Gasteiger charge is -2.36. The van der Waals surface area contributed by atoms with Crippen molar-refractivity contribution in [1.82, 2.24) is 19.6 Å². The maximum atomic E-state index is 13.8. The average molecular weight is 681 g/mol. The van der Waals surface area contributed by atoms with Crippen LogP contribution < -0.4 is 15.4 Å². The fourth-order valence-corrected chi connectivity index (χ4v) is 5.78. The Morgan fingerprint density at radius 3 is 2.20 bits per heavy atom. The second-order valence-electron chi connectivity index (χ2n) is 12.8. The minimum Gasteiger partial charge on any atom is -0.495 e. The Bertz CT molecular complexity index is 1460. The molecule has 1 aliphatic rings. The van der Waals surface area contributed by atoms with Gasteiger partial charge in [-0.05, 0) is 76.8 Å². The molecule has 0 aliphatic carbocycles. The van der Waals surface area contributed by atoms with E-state index < -0.39 is 12.0 Å². The molecule has 0 atom stereocenters. The van der Waals surface area contributed by atoms with Crippen LogP contribution in [0.15, 0.2) is 42.5 Å². The number of nitrogens with one attached hydrogen (secondary N) is 2. The van der Waals surface area contributed by atoms with E-state index in [1.165, 1.54) is 7.11 Å². The van der Waals surface area contributed by atoms with Crippen molar-refractivity contribution < 1.29 is 33.8 Å². The van der Waals surface area contributed by atoms with Gasteiger partial charge < -0.3 is 40.1 Å². The first-order chi connectivity index (χ1) is 23.3. The van der Waals surface area contributed by atoms with E-state index in [2.05, 4.69) is 10.6 Å². The predicted molar refractivity (Wildman–Crippen MR) is 189 cm³/mol. The molecule has 1 fully saturated rings. The molecule has 3 N–H and O–H groups in total. The molecule has 0 bridgehead atoms. The summed E-state index contributed by atoms with van der Waals surface area (Å²) in [5, 5.41) is 14.9. The second-order valence-corrected chi connectivity index (χ2v) is 12.8. The quantitative estimate of drug-likeness (QED) is 0.212. The van der Waals surface area contributed by atoms with Crippen molar-refractivity contribution in [3.8, 4) is 5.75 Å². The standard InChI is InChI=1S/C36H52N6O7/c1-25(2)41(21-22-42(26(3)4)36(48)40(20-16-34(45)46)19-10-18-39-17-9-13-32(39)43)33(44)24-28-14-15-30(31(23-28)49-6)38-35(47)37-29-12-8-7-11-27(29)5/h7-8,11-12,14-15,23,25-26H,9-10,13,16-22,24H2,1-6H3,(H,45,46)(H2,37,38,47). The van der Waals surface area contributed by atoms with E-state index in [1.54, 1.807) is 37.8 Å². The normalized spacial score (nSPS) is 12.7. The molecule has 0 unspecified atom stereocenters. The Labute approximate surface area is 289 Å². The molecular weight excluding hydrogens is 628 g/mol. The first-order valence-corrected chi connectivity index (χ1v) is 17.0. The molecule has 0 aromatic heterocycles. The van der Waals surface area contributed by atoms with Gasteiger partial charge in [0.25, 0.3) is 0 Å². The number of aliphatic carboxylic acids is 1. The van der Waals surface area contributed by atoms with E-state index in [9.17, 15) is 29.1 Å². The van der Waals surface area contributed by atoms with Crippen molar-refractivity contribution in [3.05, 3.63) is 53.6 Å². The van der Waals surface area contributed by atoms with E-state index in [1.807, 2.05) is 58.9 Å². The van der Waals surface area contributed by atoms with Crippen LogP contribution in [0.5, 0.6) is 5.75 Å². The van der Waals surface area contributed by atoms with Crippen LogP contribution in [-0.2, 0) is 20.8 Å². The van der Waals surface area contributed by atoms with E-state index >= 15 is 0 Å².